The predicted octanol–water partition coefficient (Wildman–Crippen LogP) is 4.82. The van der Waals surface area contributed by atoms with Crippen LogP contribution >= 0.6 is 0 Å². The van der Waals surface area contributed by atoms with Gasteiger partial charge in [-0.1, -0.05) is 80.3 Å². The minimum Gasteiger partial charge on any atom is -0.390 e. The van der Waals surface area contributed by atoms with Crippen molar-refractivity contribution < 1.29 is 5.11 Å². The zero-order valence-electron chi connectivity index (χ0n) is 16.6. The monoisotopic (exact) mass is 379 g/mol. The highest BCUT2D eigenvalue weighted by Gasteiger charge is 2.45. The molecular formula is C22H29N3OSi. The molecule has 0 amide bonds. The van der Waals surface area contributed by atoms with Gasteiger partial charge in [0.1, 0.15) is 11.1 Å². The summed E-state index contributed by atoms with van der Waals surface area (Å²) < 4.78 is 1.90. The van der Waals surface area contributed by atoms with Crippen LogP contribution in [-0.2, 0) is 5.54 Å². The second-order valence-electron chi connectivity index (χ2n) is 8.57. The van der Waals surface area contributed by atoms with Crippen molar-refractivity contribution in [2.75, 3.05) is 0 Å². The van der Waals surface area contributed by atoms with Crippen molar-refractivity contribution in [3.05, 3.63) is 72.8 Å². The SMILES string of the molecule is C=CC(C[Si](C)(C)C)(C(O)C(C)c1ccccc1)n1nnc2ccccc21. The van der Waals surface area contributed by atoms with Crippen molar-refractivity contribution in [1.29, 1.82) is 0 Å². The maximum Gasteiger partial charge on any atom is 0.113 e. The first kappa shape index (κ1) is 19.5. The highest BCUT2D eigenvalue weighted by molar-refractivity contribution is 6.76. The van der Waals surface area contributed by atoms with Gasteiger partial charge in [-0.15, -0.1) is 11.7 Å². The topological polar surface area (TPSA) is 50.9 Å². The summed E-state index contributed by atoms with van der Waals surface area (Å²) in [5.41, 5.74) is 2.15. The number of aromatic nitrogens is 3. The Morgan fingerprint density at radius 3 is 2.37 bits per heavy atom. The number of fused-ring (bicyclic) bond motifs is 1. The normalized spacial score (nSPS) is 16.6. The van der Waals surface area contributed by atoms with Crippen LogP contribution in [0.25, 0.3) is 11.0 Å². The molecule has 3 unspecified atom stereocenters. The summed E-state index contributed by atoms with van der Waals surface area (Å²) in [7, 11) is -1.59. The van der Waals surface area contributed by atoms with Gasteiger partial charge in [-0.2, -0.15) is 0 Å². The van der Waals surface area contributed by atoms with E-state index in [9.17, 15) is 5.11 Å². The fourth-order valence-corrected chi connectivity index (χ4v) is 6.18. The Morgan fingerprint density at radius 2 is 1.74 bits per heavy atom. The van der Waals surface area contributed by atoms with E-state index in [0.29, 0.717) is 0 Å². The Balaban J connectivity index is 2.17. The summed E-state index contributed by atoms with van der Waals surface area (Å²) in [5.74, 6) is -0.0662. The van der Waals surface area contributed by atoms with E-state index in [1.165, 1.54) is 0 Å². The molecule has 0 fully saturated rings. The molecule has 3 atom stereocenters. The summed E-state index contributed by atoms with van der Waals surface area (Å²) in [6.45, 7) is 13.2. The maximum absolute atomic E-state index is 11.6. The molecular weight excluding hydrogens is 350 g/mol. The Kier molecular flexibility index (Phi) is 5.35. The minimum absolute atomic E-state index is 0.0662. The smallest absolute Gasteiger partial charge is 0.113 e. The third-order valence-corrected chi connectivity index (χ3v) is 6.85. The zero-order valence-corrected chi connectivity index (χ0v) is 17.6. The van der Waals surface area contributed by atoms with Gasteiger partial charge < -0.3 is 5.11 Å². The van der Waals surface area contributed by atoms with Crippen molar-refractivity contribution in [1.82, 2.24) is 15.0 Å². The molecule has 3 rings (SSSR count). The van der Waals surface area contributed by atoms with Gasteiger partial charge in [0.25, 0.3) is 0 Å². The van der Waals surface area contributed by atoms with Gasteiger partial charge >= 0.3 is 0 Å². The lowest BCUT2D eigenvalue weighted by Crippen LogP contribution is -2.50. The summed E-state index contributed by atoms with van der Waals surface area (Å²) >= 11 is 0. The lowest BCUT2D eigenvalue weighted by Gasteiger charge is -2.42. The number of hydrogen-bond acceptors (Lipinski definition) is 3. The van der Waals surface area contributed by atoms with E-state index in [-0.39, 0.29) is 5.92 Å². The van der Waals surface area contributed by atoms with Crippen LogP contribution in [0.3, 0.4) is 0 Å². The molecule has 4 nitrogen and oxygen atoms in total. The lowest BCUT2D eigenvalue weighted by atomic mass is 9.82. The Hall–Kier alpha value is -2.24. The molecule has 0 saturated carbocycles. The lowest BCUT2D eigenvalue weighted by molar-refractivity contribution is 0.0500. The molecule has 0 aliphatic rings. The van der Waals surface area contributed by atoms with Crippen LogP contribution in [0.1, 0.15) is 18.4 Å². The molecule has 1 heterocycles. The van der Waals surface area contributed by atoms with Gasteiger partial charge in [-0.05, 0) is 23.7 Å². The molecule has 0 saturated heterocycles. The molecule has 0 aliphatic carbocycles. The first-order valence-corrected chi connectivity index (χ1v) is 13.2. The number of para-hydroxylation sites is 1. The minimum atomic E-state index is -1.59. The first-order chi connectivity index (χ1) is 12.8. The number of nitrogens with zero attached hydrogens (tertiary/aromatic N) is 3. The van der Waals surface area contributed by atoms with Gasteiger partial charge in [-0.25, -0.2) is 4.68 Å². The van der Waals surface area contributed by atoms with Crippen LogP contribution in [0.2, 0.25) is 25.7 Å². The zero-order chi connectivity index (χ0) is 19.7. The highest BCUT2D eigenvalue weighted by atomic mass is 28.3. The van der Waals surface area contributed by atoms with E-state index in [1.807, 2.05) is 53.2 Å². The van der Waals surface area contributed by atoms with E-state index in [4.69, 9.17) is 0 Å². The molecule has 0 bridgehead atoms. The standard InChI is InChI=1S/C22H29N3OSi/c1-6-22(16-27(3,4)5,21(26)17(2)18-12-8-7-9-13-18)25-20-15-11-10-14-19(20)23-24-25/h6-15,17,21,26H,1,16H2,2-5H3. The molecule has 1 aromatic heterocycles. The van der Waals surface area contributed by atoms with Crippen molar-refractivity contribution >= 4 is 19.1 Å². The van der Waals surface area contributed by atoms with Crippen LogP contribution in [-0.4, -0.2) is 34.3 Å². The first-order valence-electron chi connectivity index (χ1n) is 9.46. The number of benzene rings is 2. The van der Waals surface area contributed by atoms with E-state index < -0.39 is 19.7 Å². The molecule has 0 aliphatic heterocycles. The van der Waals surface area contributed by atoms with Crippen molar-refractivity contribution in [3.8, 4) is 0 Å². The second kappa shape index (κ2) is 7.41. The molecule has 1 N–H and O–H groups in total. The number of aliphatic hydroxyl groups is 1. The van der Waals surface area contributed by atoms with Gasteiger partial charge in [0.2, 0.25) is 0 Å². The summed E-state index contributed by atoms with van der Waals surface area (Å²) in [5, 5.41) is 20.5. The second-order valence-corrected chi connectivity index (χ2v) is 14.0. The van der Waals surface area contributed by atoms with Crippen LogP contribution < -0.4 is 0 Å². The average molecular weight is 380 g/mol. The summed E-state index contributed by atoms with van der Waals surface area (Å²) in [6.07, 6.45) is 1.21. The van der Waals surface area contributed by atoms with Gasteiger partial charge in [-0.3, -0.25) is 0 Å². The molecule has 142 valence electrons. The summed E-state index contributed by atoms with van der Waals surface area (Å²) in [4.78, 5) is 0. The van der Waals surface area contributed by atoms with Crippen LogP contribution in [0.5, 0.6) is 0 Å². The van der Waals surface area contributed by atoms with Crippen LogP contribution in [0.15, 0.2) is 67.3 Å². The van der Waals surface area contributed by atoms with E-state index in [1.54, 1.807) is 0 Å². The number of rotatable bonds is 7. The Bertz CT molecular complexity index is 916. The molecule has 0 radical (unpaired) electrons. The quantitative estimate of drug-likeness (QED) is 0.473. The fraction of sp³-hybridized carbons (Fsp3) is 0.364. The van der Waals surface area contributed by atoms with Crippen molar-refractivity contribution in [3.63, 3.8) is 0 Å². The highest BCUT2D eigenvalue weighted by Crippen LogP contribution is 2.40. The fourth-order valence-electron chi connectivity index (χ4n) is 3.98. The summed E-state index contributed by atoms with van der Waals surface area (Å²) in [6, 6.07) is 18.9. The van der Waals surface area contributed by atoms with E-state index in [0.717, 1.165) is 22.6 Å². The predicted molar refractivity (Wildman–Crippen MR) is 115 cm³/mol. The van der Waals surface area contributed by atoms with E-state index in [2.05, 4.69) is 55.6 Å². The van der Waals surface area contributed by atoms with Gasteiger partial charge in [0.05, 0.1) is 11.6 Å². The Morgan fingerprint density at radius 1 is 1.11 bits per heavy atom. The molecule has 27 heavy (non-hydrogen) atoms. The Labute approximate surface area is 162 Å². The number of aliphatic hydroxyl groups excluding tert-OH is 1. The largest absolute Gasteiger partial charge is 0.390 e. The van der Waals surface area contributed by atoms with Crippen molar-refractivity contribution in [2.45, 2.75) is 50.2 Å². The van der Waals surface area contributed by atoms with E-state index >= 15 is 0 Å². The molecule has 5 heteroatoms. The van der Waals surface area contributed by atoms with Crippen LogP contribution in [0, 0.1) is 0 Å². The van der Waals surface area contributed by atoms with Gasteiger partial charge in [0, 0.05) is 14.0 Å². The average Bonchev–Trinajstić information content (AvgIpc) is 3.09. The molecule has 0 spiro atoms. The third kappa shape index (κ3) is 3.75. The van der Waals surface area contributed by atoms with Crippen molar-refractivity contribution in [2.24, 2.45) is 0 Å². The third-order valence-electron chi connectivity index (χ3n) is 5.22. The number of hydrogen-bond donors (Lipinski definition) is 1. The van der Waals surface area contributed by atoms with Crippen LogP contribution in [0.4, 0.5) is 0 Å². The molecule has 2 aromatic carbocycles. The maximum atomic E-state index is 11.6. The molecule has 3 aromatic rings. The van der Waals surface area contributed by atoms with Gasteiger partial charge in [0.15, 0.2) is 0 Å².